The van der Waals surface area contributed by atoms with E-state index in [1.807, 2.05) is 6.07 Å². The van der Waals surface area contributed by atoms with Crippen molar-refractivity contribution in [2.24, 2.45) is 5.92 Å². The Kier molecular flexibility index (Phi) is 4.20. The standard InChI is InChI=1S/C12H15N3S/c13-7-10-3-5-15-12(6-10)16-9-11-2-1-4-14-8-11/h3,5-6,11,14H,1-2,4,8-9H2/t11-/m0/s1. The maximum absolute atomic E-state index is 8.78. The first-order valence-corrected chi connectivity index (χ1v) is 6.57. The van der Waals surface area contributed by atoms with Crippen LogP contribution in [0.5, 0.6) is 0 Å². The molecule has 0 amide bonds. The van der Waals surface area contributed by atoms with E-state index in [9.17, 15) is 0 Å². The summed E-state index contributed by atoms with van der Waals surface area (Å²) in [6.07, 6.45) is 4.29. The third kappa shape index (κ3) is 3.22. The van der Waals surface area contributed by atoms with Crippen molar-refractivity contribution in [1.82, 2.24) is 10.3 Å². The van der Waals surface area contributed by atoms with E-state index in [2.05, 4.69) is 16.4 Å². The van der Waals surface area contributed by atoms with Crippen molar-refractivity contribution >= 4 is 11.8 Å². The second-order valence-corrected chi connectivity index (χ2v) is 5.06. The highest BCUT2D eigenvalue weighted by molar-refractivity contribution is 7.99. The van der Waals surface area contributed by atoms with E-state index < -0.39 is 0 Å². The first-order chi connectivity index (χ1) is 7.88. The molecule has 2 heterocycles. The minimum atomic E-state index is 0.694. The van der Waals surface area contributed by atoms with Gasteiger partial charge < -0.3 is 5.32 Å². The number of hydrogen-bond acceptors (Lipinski definition) is 4. The molecule has 2 rings (SSSR count). The van der Waals surface area contributed by atoms with Crippen molar-refractivity contribution < 1.29 is 0 Å². The van der Waals surface area contributed by atoms with Crippen LogP contribution < -0.4 is 5.32 Å². The average Bonchev–Trinajstić information content (AvgIpc) is 2.38. The van der Waals surface area contributed by atoms with Crippen molar-refractivity contribution in [3.8, 4) is 6.07 Å². The maximum atomic E-state index is 8.78. The van der Waals surface area contributed by atoms with Gasteiger partial charge in [-0.25, -0.2) is 4.98 Å². The van der Waals surface area contributed by atoms with Crippen LogP contribution in [0.4, 0.5) is 0 Å². The van der Waals surface area contributed by atoms with Gasteiger partial charge in [0.15, 0.2) is 0 Å². The summed E-state index contributed by atoms with van der Waals surface area (Å²) in [5, 5.41) is 13.2. The molecule has 84 valence electrons. The highest BCUT2D eigenvalue weighted by atomic mass is 32.2. The Morgan fingerprint density at radius 3 is 3.31 bits per heavy atom. The number of rotatable bonds is 3. The van der Waals surface area contributed by atoms with Gasteiger partial charge in [0.25, 0.3) is 0 Å². The van der Waals surface area contributed by atoms with Crippen LogP contribution in [0, 0.1) is 17.2 Å². The number of thioether (sulfide) groups is 1. The van der Waals surface area contributed by atoms with E-state index >= 15 is 0 Å². The summed E-state index contributed by atoms with van der Waals surface area (Å²) in [6, 6.07) is 5.74. The van der Waals surface area contributed by atoms with Gasteiger partial charge in [-0.05, 0) is 44.0 Å². The van der Waals surface area contributed by atoms with Crippen molar-refractivity contribution in [3.63, 3.8) is 0 Å². The summed E-state index contributed by atoms with van der Waals surface area (Å²) < 4.78 is 0. The quantitative estimate of drug-likeness (QED) is 0.812. The molecule has 0 spiro atoms. The molecule has 1 aliphatic heterocycles. The highest BCUT2D eigenvalue weighted by Gasteiger charge is 2.13. The zero-order chi connectivity index (χ0) is 11.2. The van der Waals surface area contributed by atoms with Crippen LogP contribution in [0.3, 0.4) is 0 Å². The van der Waals surface area contributed by atoms with Crippen LogP contribution >= 0.6 is 11.8 Å². The van der Waals surface area contributed by atoms with E-state index in [-0.39, 0.29) is 0 Å². The third-order valence-corrected chi connectivity index (χ3v) is 3.89. The van der Waals surface area contributed by atoms with Crippen LogP contribution in [0.2, 0.25) is 0 Å². The summed E-state index contributed by atoms with van der Waals surface area (Å²) in [7, 11) is 0. The third-order valence-electron chi connectivity index (χ3n) is 2.73. The fourth-order valence-electron chi connectivity index (χ4n) is 1.83. The van der Waals surface area contributed by atoms with Crippen LogP contribution in [0.15, 0.2) is 23.4 Å². The van der Waals surface area contributed by atoms with Gasteiger partial charge in [0.2, 0.25) is 0 Å². The summed E-state index contributed by atoms with van der Waals surface area (Å²) in [6.45, 7) is 2.27. The van der Waals surface area contributed by atoms with E-state index in [0.717, 1.165) is 29.8 Å². The molecule has 0 saturated carbocycles. The van der Waals surface area contributed by atoms with Crippen LogP contribution in [0.1, 0.15) is 18.4 Å². The van der Waals surface area contributed by atoms with Crippen molar-refractivity contribution in [3.05, 3.63) is 23.9 Å². The summed E-state index contributed by atoms with van der Waals surface area (Å²) in [5.41, 5.74) is 0.694. The first kappa shape index (κ1) is 11.4. The minimum absolute atomic E-state index is 0.694. The second kappa shape index (κ2) is 5.88. The number of nitriles is 1. The molecule has 3 nitrogen and oxygen atoms in total. The largest absolute Gasteiger partial charge is 0.316 e. The van der Waals surface area contributed by atoms with Gasteiger partial charge in [-0.2, -0.15) is 5.26 Å². The Labute approximate surface area is 100 Å². The Morgan fingerprint density at radius 1 is 1.62 bits per heavy atom. The van der Waals surface area contributed by atoms with Crippen molar-refractivity contribution in [2.45, 2.75) is 17.9 Å². The maximum Gasteiger partial charge on any atom is 0.0993 e. The molecule has 1 saturated heterocycles. The lowest BCUT2D eigenvalue weighted by atomic mass is 10.0. The summed E-state index contributed by atoms with van der Waals surface area (Å²) >= 11 is 1.75. The predicted octanol–water partition coefficient (Wildman–Crippen LogP) is 2.04. The topological polar surface area (TPSA) is 48.7 Å². The molecule has 0 radical (unpaired) electrons. The van der Waals surface area contributed by atoms with Gasteiger partial charge in [-0.15, -0.1) is 11.8 Å². The van der Waals surface area contributed by atoms with Gasteiger partial charge in [0, 0.05) is 11.9 Å². The molecule has 16 heavy (non-hydrogen) atoms. The number of hydrogen-bond donors (Lipinski definition) is 1. The first-order valence-electron chi connectivity index (χ1n) is 5.58. The van der Waals surface area contributed by atoms with Crippen molar-refractivity contribution in [1.29, 1.82) is 5.26 Å². The number of piperidine rings is 1. The number of nitrogens with one attached hydrogen (secondary N) is 1. The van der Waals surface area contributed by atoms with Crippen LogP contribution in [-0.2, 0) is 0 Å². The molecular weight excluding hydrogens is 218 g/mol. The Hall–Kier alpha value is -1.05. The Morgan fingerprint density at radius 2 is 2.56 bits per heavy atom. The lowest BCUT2D eigenvalue weighted by molar-refractivity contribution is 0.410. The highest BCUT2D eigenvalue weighted by Crippen LogP contribution is 2.22. The van der Waals surface area contributed by atoms with Gasteiger partial charge in [0.05, 0.1) is 16.7 Å². The average molecular weight is 233 g/mol. The monoisotopic (exact) mass is 233 g/mol. The zero-order valence-corrected chi connectivity index (χ0v) is 9.96. The van der Waals surface area contributed by atoms with E-state index in [1.54, 1.807) is 24.0 Å². The van der Waals surface area contributed by atoms with Gasteiger partial charge in [-0.3, -0.25) is 0 Å². The molecule has 1 aliphatic rings. The molecule has 0 unspecified atom stereocenters. The van der Waals surface area contributed by atoms with Gasteiger partial charge in [0.1, 0.15) is 0 Å². The van der Waals surface area contributed by atoms with E-state index in [1.165, 1.54) is 12.8 Å². The summed E-state index contributed by atoms with van der Waals surface area (Å²) in [5.74, 6) is 1.83. The molecule has 1 aromatic rings. The Bertz CT molecular complexity index is 380. The zero-order valence-electron chi connectivity index (χ0n) is 9.15. The smallest absolute Gasteiger partial charge is 0.0993 e. The molecule has 1 N–H and O–H groups in total. The fraction of sp³-hybridized carbons (Fsp3) is 0.500. The minimum Gasteiger partial charge on any atom is -0.316 e. The Balaban J connectivity index is 1.86. The molecule has 1 atom stereocenters. The molecule has 0 aliphatic carbocycles. The lowest BCUT2D eigenvalue weighted by Gasteiger charge is -2.21. The number of nitrogens with zero attached hydrogens (tertiary/aromatic N) is 2. The predicted molar refractivity (Wildman–Crippen MR) is 65.3 cm³/mol. The molecular formula is C12H15N3S. The second-order valence-electron chi connectivity index (χ2n) is 4.02. The fourth-order valence-corrected chi connectivity index (χ4v) is 2.86. The number of aromatic nitrogens is 1. The van der Waals surface area contributed by atoms with E-state index in [0.29, 0.717) is 5.56 Å². The molecule has 4 heteroatoms. The SMILES string of the molecule is N#Cc1ccnc(SC[C@H]2CCCNC2)c1. The van der Waals surface area contributed by atoms with Gasteiger partial charge >= 0.3 is 0 Å². The van der Waals surface area contributed by atoms with Gasteiger partial charge in [-0.1, -0.05) is 0 Å². The number of pyridine rings is 1. The summed E-state index contributed by atoms with van der Waals surface area (Å²) in [4.78, 5) is 4.26. The molecule has 0 aromatic carbocycles. The molecule has 1 fully saturated rings. The molecule has 0 bridgehead atoms. The van der Waals surface area contributed by atoms with Crippen LogP contribution in [-0.4, -0.2) is 23.8 Å². The van der Waals surface area contributed by atoms with E-state index in [4.69, 9.17) is 5.26 Å². The normalized spacial score (nSPS) is 20.3. The van der Waals surface area contributed by atoms with Crippen molar-refractivity contribution in [2.75, 3.05) is 18.8 Å². The van der Waals surface area contributed by atoms with Crippen LogP contribution in [0.25, 0.3) is 0 Å². The molecule has 1 aromatic heterocycles. The lowest BCUT2D eigenvalue weighted by Crippen LogP contribution is -2.30.